The maximum Gasteiger partial charge on any atom is 0.325 e. The quantitative estimate of drug-likeness (QED) is 0.151. The molecule has 2 unspecified atom stereocenters. The van der Waals surface area contributed by atoms with Crippen molar-refractivity contribution in [2.75, 3.05) is 52.6 Å². The van der Waals surface area contributed by atoms with Crippen molar-refractivity contribution in [3.05, 3.63) is 0 Å². The molecule has 180 valence electrons. The van der Waals surface area contributed by atoms with Gasteiger partial charge in [0.1, 0.15) is 0 Å². The summed E-state index contributed by atoms with van der Waals surface area (Å²) >= 11 is 0. The van der Waals surface area contributed by atoms with Gasteiger partial charge < -0.3 is 39.9 Å². The fraction of sp³-hybridized carbons (Fsp3) is 1.00. The van der Waals surface area contributed by atoms with E-state index in [1.54, 1.807) is 7.11 Å². The summed E-state index contributed by atoms with van der Waals surface area (Å²) in [4.78, 5) is 0. The Labute approximate surface area is 184 Å². The first-order chi connectivity index (χ1) is 12.7. The molecule has 0 heterocycles. The molecule has 0 aromatic heterocycles. The topological polar surface area (TPSA) is 124 Å². The lowest BCUT2D eigenvalue weighted by molar-refractivity contribution is 0.260. The van der Waals surface area contributed by atoms with Crippen molar-refractivity contribution in [3.8, 4) is 0 Å². The van der Waals surface area contributed by atoms with E-state index in [0.29, 0.717) is 13.1 Å². The average Bonchev–Trinajstić information content (AvgIpc) is 2.60. The van der Waals surface area contributed by atoms with E-state index in [-0.39, 0.29) is 21.1 Å². The Morgan fingerprint density at radius 1 is 0.793 bits per heavy atom. The van der Waals surface area contributed by atoms with E-state index >= 15 is 0 Å². The first kappa shape index (κ1) is 34.0. The van der Waals surface area contributed by atoms with Crippen molar-refractivity contribution in [2.24, 2.45) is 11.5 Å². The number of aliphatic hydroxyl groups excluding tert-OH is 1. The Morgan fingerprint density at radius 2 is 1.28 bits per heavy atom. The minimum Gasteiger partial charge on any atom is -0.434 e. The van der Waals surface area contributed by atoms with Crippen LogP contribution < -0.4 is 22.1 Å². The van der Waals surface area contributed by atoms with Crippen molar-refractivity contribution in [2.45, 2.75) is 66.0 Å². The Bertz CT molecular complexity index is 355. The molecule has 0 saturated heterocycles. The second-order valence-electron chi connectivity index (χ2n) is 7.83. The summed E-state index contributed by atoms with van der Waals surface area (Å²) in [7, 11) is -5.20. The molecular formula is C18H52N4O4Si3. The Hall–Kier alpha value is 0.331. The van der Waals surface area contributed by atoms with Gasteiger partial charge in [-0.1, -0.05) is 14.9 Å². The zero-order valence-electron chi connectivity index (χ0n) is 18.1. The molecule has 11 heteroatoms. The Morgan fingerprint density at radius 3 is 1.69 bits per heavy atom. The van der Waals surface area contributed by atoms with Crippen LogP contribution in [0.15, 0.2) is 0 Å². The molecule has 0 radical (unpaired) electrons. The molecule has 0 fully saturated rings. The van der Waals surface area contributed by atoms with Gasteiger partial charge in [-0.25, -0.2) is 0 Å². The van der Waals surface area contributed by atoms with Crippen molar-refractivity contribution in [1.29, 1.82) is 0 Å². The van der Waals surface area contributed by atoms with E-state index in [1.165, 1.54) is 0 Å². The van der Waals surface area contributed by atoms with Crippen LogP contribution >= 0.6 is 0 Å². The molecule has 0 aromatic rings. The summed E-state index contributed by atoms with van der Waals surface area (Å²) in [5, 5.41) is 16.6. The summed E-state index contributed by atoms with van der Waals surface area (Å²) in [6.07, 6.45) is 2.07. The standard InChI is InChI=1S/C16H44N4O4Si3.2CH4/c1-22-27(5,15-7-11-20-13-9-18)24-25(2,3)23-26(4,16-21)14-6-10-19-12-8-17;;/h19-21H,6-18H2,1-5H3;2*1H4. The zero-order valence-corrected chi connectivity index (χ0v) is 21.1. The lowest BCUT2D eigenvalue weighted by Crippen LogP contribution is -2.56. The molecule has 0 aliphatic heterocycles. The van der Waals surface area contributed by atoms with Crippen LogP contribution in [0.1, 0.15) is 27.7 Å². The number of nitrogens with two attached hydrogens (primary N) is 2. The van der Waals surface area contributed by atoms with E-state index in [9.17, 15) is 5.11 Å². The molecule has 0 saturated carbocycles. The van der Waals surface area contributed by atoms with Crippen LogP contribution in [0, 0.1) is 0 Å². The number of aliphatic hydroxyl groups is 1. The van der Waals surface area contributed by atoms with Gasteiger partial charge in [0.15, 0.2) is 0 Å². The van der Waals surface area contributed by atoms with Gasteiger partial charge in [0, 0.05) is 33.3 Å². The first-order valence-electron chi connectivity index (χ1n) is 10.0. The van der Waals surface area contributed by atoms with Gasteiger partial charge in [0.2, 0.25) is 8.32 Å². The summed E-state index contributed by atoms with van der Waals surface area (Å²) in [5.74, 6) is 0. The monoisotopic (exact) mass is 472 g/mol. The molecule has 0 amide bonds. The van der Waals surface area contributed by atoms with E-state index in [2.05, 4.69) is 36.8 Å². The third kappa shape index (κ3) is 16.7. The van der Waals surface area contributed by atoms with Gasteiger partial charge in [-0.2, -0.15) is 0 Å². The minimum absolute atomic E-state index is 0. The SMILES string of the molecule is C.C.CO[Si](C)(CCCNCCN)O[Si](C)(C)O[Si](C)(CO)CCCNCCN. The molecule has 0 aromatic carbocycles. The van der Waals surface area contributed by atoms with E-state index < -0.39 is 25.4 Å². The highest BCUT2D eigenvalue weighted by molar-refractivity contribution is 6.87. The summed E-state index contributed by atoms with van der Waals surface area (Å²) in [6.45, 7) is 13.1. The predicted molar refractivity (Wildman–Crippen MR) is 133 cm³/mol. The van der Waals surface area contributed by atoms with Gasteiger partial charge in [-0.05, 0) is 64.2 Å². The van der Waals surface area contributed by atoms with Crippen LogP contribution in [0.25, 0.3) is 0 Å². The van der Waals surface area contributed by atoms with Crippen LogP contribution in [-0.2, 0) is 12.7 Å². The predicted octanol–water partition coefficient (Wildman–Crippen LogP) is 1.70. The molecule has 2 atom stereocenters. The summed E-state index contributed by atoms with van der Waals surface area (Å²) in [6, 6.07) is 1.80. The molecule has 0 spiro atoms. The van der Waals surface area contributed by atoms with E-state index in [4.69, 9.17) is 24.1 Å². The minimum atomic E-state index is -2.41. The smallest absolute Gasteiger partial charge is 0.325 e. The van der Waals surface area contributed by atoms with Crippen LogP contribution in [0.4, 0.5) is 0 Å². The Balaban J connectivity index is -0.00000338. The van der Waals surface area contributed by atoms with Crippen LogP contribution in [0.5, 0.6) is 0 Å². The summed E-state index contributed by atoms with van der Waals surface area (Å²) in [5.41, 5.74) is 11.0. The maximum atomic E-state index is 9.96. The first-order valence-corrected chi connectivity index (χ1v) is 18.2. The molecular weight excluding hydrogens is 420 g/mol. The Kier molecular flexibility index (Phi) is 21.0. The molecule has 0 aliphatic rings. The van der Waals surface area contributed by atoms with Crippen LogP contribution in [0.3, 0.4) is 0 Å². The fourth-order valence-electron chi connectivity index (χ4n) is 3.07. The fourth-order valence-corrected chi connectivity index (χ4v) is 16.0. The van der Waals surface area contributed by atoms with E-state index in [0.717, 1.165) is 51.1 Å². The van der Waals surface area contributed by atoms with Crippen molar-refractivity contribution < 1.29 is 17.8 Å². The number of hydrogen-bond donors (Lipinski definition) is 5. The molecule has 29 heavy (non-hydrogen) atoms. The van der Waals surface area contributed by atoms with Gasteiger partial charge in [0.05, 0.1) is 6.23 Å². The van der Waals surface area contributed by atoms with Crippen molar-refractivity contribution >= 4 is 25.4 Å². The highest BCUT2D eigenvalue weighted by Gasteiger charge is 2.43. The number of nitrogens with one attached hydrogen (secondary N) is 2. The third-order valence-electron chi connectivity index (χ3n) is 4.41. The lowest BCUT2D eigenvalue weighted by Gasteiger charge is -2.39. The average molecular weight is 473 g/mol. The number of hydrogen-bond acceptors (Lipinski definition) is 8. The lowest BCUT2D eigenvalue weighted by atomic mass is 10.5. The van der Waals surface area contributed by atoms with Crippen LogP contribution in [0.2, 0.25) is 38.3 Å². The van der Waals surface area contributed by atoms with E-state index in [1.807, 2.05) is 0 Å². The van der Waals surface area contributed by atoms with Crippen molar-refractivity contribution in [3.63, 3.8) is 0 Å². The van der Waals surface area contributed by atoms with Crippen LogP contribution in [-0.4, -0.2) is 83.2 Å². The molecule has 7 N–H and O–H groups in total. The highest BCUT2D eigenvalue weighted by Crippen LogP contribution is 2.26. The second-order valence-corrected chi connectivity index (χ2v) is 19.2. The number of rotatable bonds is 18. The van der Waals surface area contributed by atoms with Gasteiger partial charge in [0.25, 0.3) is 0 Å². The molecule has 0 rings (SSSR count). The molecule has 0 bridgehead atoms. The maximum absolute atomic E-state index is 9.96. The zero-order chi connectivity index (χ0) is 20.8. The van der Waals surface area contributed by atoms with Crippen molar-refractivity contribution in [1.82, 2.24) is 10.6 Å². The van der Waals surface area contributed by atoms with Gasteiger partial charge >= 0.3 is 17.1 Å². The third-order valence-corrected chi connectivity index (χ3v) is 16.2. The normalized spacial score (nSPS) is 15.7. The molecule has 0 aliphatic carbocycles. The molecule has 8 nitrogen and oxygen atoms in total. The largest absolute Gasteiger partial charge is 0.434 e. The van der Waals surface area contributed by atoms with Gasteiger partial charge in [-0.3, -0.25) is 0 Å². The van der Waals surface area contributed by atoms with Gasteiger partial charge in [-0.15, -0.1) is 0 Å². The summed E-state index contributed by atoms with van der Waals surface area (Å²) < 4.78 is 18.8. The highest BCUT2D eigenvalue weighted by atomic mass is 28.5. The second kappa shape index (κ2) is 18.0.